The first-order chi connectivity index (χ1) is 5.34. The van der Waals surface area contributed by atoms with Crippen LogP contribution in [-0.4, -0.2) is 23.9 Å². The molecular formula is C8H16N2S. The molecule has 1 rings (SSSR count). The van der Waals surface area contributed by atoms with E-state index in [0.29, 0.717) is 5.92 Å². The highest BCUT2D eigenvalue weighted by Gasteiger charge is 2.14. The summed E-state index contributed by atoms with van der Waals surface area (Å²) in [5, 5.41) is 0. The fourth-order valence-electron chi connectivity index (χ4n) is 1.26. The molecule has 0 aromatic heterocycles. The highest BCUT2D eigenvalue weighted by molar-refractivity contribution is 7.99. The minimum absolute atomic E-state index is 0.549. The van der Waals surface area contributed by atoms with Gasteiger partial charge in [-0.15, -0.1) is 0 Å². The molecule has 0 aromatic rings. The van der Waals surface area contributed by atoms with Crippen molar-refractivity contribution in [2.45, 2.75) is 19.8 Å². The zero-order valence-electron chi connectivity index (χ0n) is 7.05. The Balaban J connectivity index is 2.45. The maximum Gasteiger partial charge on any atom is 0.0977 e. The van der Waals surface area contributed by atoms with Crippen LogP contribution in [0.4, 0.5) is 0 Å². The topological polar surface area (TPSA) is 38.4 Å². The Bertz CT molecular complexity index is 145. The van der Waals surface area contributed by atoms with Crippen LogP contribution in [0.15, 0.2) is 4.99 Å². The number of hydrogen-bond donors (Lipinski definition) is 1. The van der Waals surface area contributed by atoms with Gasteiger partial charge in [0.05, 0.1) is 5.84 Å². The van der Waals surface area contributed by atoms with Crippen LogP contribution in [0.2, 0.25) is 0 Å². The molecule has 0 amide bonds. The molecule has 1 heterocycles. The number of hydrogen-bond acceptors (Lipinski definition) is 3. The maximum absolute atomic E-state index is 5.80. The zero-order valence-corrected chi connectivity index (χ0v) is 7.86. The van der Waals surface area contributed by atoms with Gasteiger partial charge < -0.3 is 5.73 Å². The molecule has 0 saturated heterocycles. The van der Waals surface area contributed by atoms with E-state index >= 15 is 0 Å². The minimum atomic E-state index is 0.549. The second kappa shape index (κ2) is 4.65. The van der Waals surface area contributed by atoms with E-state index in [1.54, 1.807) is 0 Å². The number of rotatable bonds is 2. The van der Waals surface area contributed by atoms with Gasteiger partial charge in [0.15, 0.2) is 0 Å². The standard InChI is InChI=1S/C8H16N2S/c1-2-3-7-6-11-5-4-10-8(7)9/h7H,2-6H2,1H3,(H2,9,10). The smallest absolute Gasteiger partial charge is 0.0977 e. The summed E-state index contributed by atoms with van der Waals surface area (Å²) in [4.78, 5) is 4.30. The molecule has 0 radical (unpaired) electrons. The van der Waals surface area contributed by atoms with Gasteiger partial charge in [-0.05, 0) is 6.42 Å². The maximum atomic E-state index is 5.80. The molecular weight excluding hydrogens is 156 g/mol. The van der Waals surface area contributed by atoms with Gasteiger partial charge in [-0.3, -0.25) is 4.99 Å². The molecule has 0 spiro atoms. The molecule has 1 aliphatic rings. The molecule has 11 heavy (non-hydrogen) atoms. The van der Waals surface area contributed by atoms with Gasteiger partial charge in [-0.25, -0.2) is 0 Å². The van der Waals surface area contributed by atoms with Gasteiger partial charge in [-0.1, -0.05) is 13.3 Å². The normalized spacial score (nSPS) is 25.9. The molecule has 64 valence electrons. The van der Waals surface area contributed by atoms with Gasteiger partial charge in [0.1, 0.15) is 0 Å². The summed E-state index contributed by atoms with van der Waals surface area (Å²) in [6.45, 7) is 3.11. The second-order valence-corrected chi connectivity index (χ2v) is 4.02. The van der Waals surface area contributed by atoms with Gasteiger partial charge in [0, 0.05) is 24.0 Å². The molecule has 0 fully saturated rings. The van der Waals surface area contributed by atoms with Crippen molar-refractivity contribution in [2.75, 3.05) is 18.1 Å². The average Bonchev–Trinajstić information content (AvgIpc) is 2.18. The average molecular weight is 172 g/mol. The lowest BCUT2D eigenvalue weighted by Gasteiger charge is -2.11. The third-order valence-electron chi connectivity index (χ3n) is 1.90. The third-order valence-corrected chi connectivity index (χ3v) is 3.01. The molecule has 1 unspecified atom stereocenters. The Hall–Kier alpha value is -0.180. The zero-order chi connectivity index (χ0) is 8.10. The largest absolute Gasteiger partial charge is 0.387 e. The first-order valence-electron chi connectivity index (χ1n) is 4.22. The highest BCUT2D eigenvalue weighted by Crippen LogP contribution is 2.17. The van der Waals surface area contributed by atoms with Crippen molar-refractivity contribution in [2.24, 2.45) is 16.6 Å². The van der Waals surface area contributed by atoms with Crippen LogP contribution in [-0.2, 0) is 0 Å². The molecule has 1 atom stereocenters. The van der Waals surface area contributed by atoms with Crippen molar-refractivity contribution >= 4 is 17.6 Å². The van der Waals surface area contributed by atoms with Crippen LogP contribution in [0.5, 0.6) is 0 Å². The number of thioether (sulfide) groups is 1. The van der Waals surface area contributed by atoms with Crippen molar-refractivity contribution in [3.05, 3.63) is 0 Å². The molecule has 1 aliphatic heterocycles. The fraction of sp³-hybridized carbons (Fsp3) is 0.875. The summed E-state index contributed by atoms with van der Waals surface area (Å²) in [7, 11) is 0. The number of amidine groups is 1. The molecule has 3 heteroatoms. The van der Waals surface area contributed by atoms with Crippen LogP contribution >= 0.6 is 11.8 Å². The third kappa shape index (κ3) is 2.73. The van der Waals surface area contributed by atoms with Gasteiger partial charge in [0.25, 0.3) is 0 Å². The van der Waals surface area contributed by atoms with E-state index in [2.05, 4.69) is 11.9 Å². The summed E-state index contributed by atoms with van der Waals surface area (Å²) in [5.74, 6) is 3.74. The summed E-state index contributed by atoms with van der Waals surface area (Å²) in [6.07, 6.45) is 2.41. The lowest BCUT2D eigenvalue weighted by molar-refractivity contribution is 0.671. The van der Waals surface area contributed by atoms with E-state index in [1.165, 1.54) is 18.6 Å². The summed E-state index contributed by atoms with van der Waals surface area (Å²) >= 11 is 1.97. The Morgan fingerprint density at radius 1 is 1.73 bits per heavy atom. The molecule has 0 aromatic carbocycles. The predicted octanol–water partition coefficient (Wildman–Crippen LogP) is 1.51. The Kier molecular flexibility index (Phi) is 3.77. The van der Waals surface area contributed by atoms with E-state index in [0.717, 1.165) is 18.1 Å². The van der Waals surface area contributed by atoms with Crippen molar-refractivity contribution in [3.8, 4) is 0 Å². The second-order valence-electron chi connectivity index (χ2n) is 2.87. The Morgan fingerprint density at radius 2 is 2.55 bits per heavy atom. The first kappa shape index (κ1) is 8.91. The number of nitrogens with two attached hydrogens (primary N) is 1. The monoisotopic (exact) mass is 172 g/mol. The van der Waals surface area contributed by atoms with Gasteiger partial charge >= 0.3 is 0 Å². The number of aliphatic imine (C=N–C) groups is 1. The molecule has 2 nitrogen and oxygen atoms in total. The van der Waals surface area contributed by atoms with E-state index < -0.39 is 0 Å². The summed E-state index contributed by atoms with van der Waals surface area (Å²) < 4.78 is 0. The minimum Gasteiger partial charge on any atom is -0.387 e. The van der Waals surface area contributed by atoms with Crippen LogP contribution in [0, 0.1) is 5.92 Å². The first-order valence-corrected chi connectivity index (χ1v) is 5.37. The van der Waals surface area contributed by atoms with Gasteiger partial charge in [0.2, 0.25) is 0 Å². The van der Waals surface area contributed by atoms with Crippen molar-refractivity contribution in [1.82, 2.24) is 0 Å². The Labute approximate surface area is 72.6 Å². The van der Waals surface area contributed by atoms with Gasteiger partial charge in [-0.2, -0.15) is 11.8 Å². The molecule has 2 N–H and O–H groups in total. The van der Waals surface area contributed by atoms with Crippen LogP contribution in [0.1, 0.15) is 19.8 Å². The lowest BCUT2D eigenvalue weighted by Crippen LogP contribution is -2.24. The van der Waals surface area contributed by atoms with Crippen LogP contribution in [0.25, 0.3) is 0 Å². The summed E-state index contributed by atoms with van der Waals surface area (Å²) in [5.41, 5.74) is 5.80. The number of nitrogens with zero attached hydrogens (tertiary/aromatic N) is 1. The molecule has 0 saturated carbocycles. The van der Waals surface area contributed by atoms with Crippen molar-refractivity contribution in [1.29, 1.82) is 0 Å². The highest BCUT2D eigenvalue weighted by atomic mass is 32.2. The predicted molar refractivity (Wildman–Crippen MR) is 52.2 cm³/mol. The van der Waals surface area contributed by atoms with E-state index in [-0.39, 0.29) is 0 Å². The van der Waals surface area contributed by atoms with Crippen LogP contribution < -0.4 is 5.73 Å². The molecule has 0 aliphatic carbocycles. The van der Waals surface area contributed by atoms with E-state index in [1.807, 2.05) is 11.8 Å². The van der Waals surface area contributed by atoms with Crippen LogP contribution in [0.3, 0.4) is 0 Å². The van der Waals surface area contributed by atoms with E-state index in [9.17, 15) is 0 Å². The van der Waals surface area contributed by atoms with Crippen molar-refractivity contribution in [3.63, 3.8) is 0 Å². The van der Waals surface area contributed by atoms with Crippen molar-refractivity contribution < 1.29 is 0 Å². The quantitative estimate of drug-likeness (QED) is 0.685. The van der Waals surface area contributed by atoms with E-state index in [4.69, 9.17) is 5.73 Å². The lowest BCUT2D eigenvalue weighted by atomic mass is 10.1. The fourth-order valence-corrected chi connectivity index (χ4v) is 2.27. The summed E-state index contributed by atoms with van der Waals surface area (Å²) in [6, 6.07) is 0. The Morgan fingerprint density at radius 3 is 3.27 bits per heavy atom. The SMILES string of the molecule is CCCC1CSCCN=C1N. The molecule has 0 bridgehead atoms.